The SMILES string of the molecule is C=C(COc1cc(C)n(-c2cc(C3=CC=NC([C-](C)C)N3)ncc2C)c(=O)c1Cl)/C(F)=C\C(F)=C/C.[U]. The minimum absolute atomic E-state index is 0. The fourth-order valence-electron chi connectivity index (χ4n) is 3.42. The van der Waals surface area contributed by atoms with Crippen LogP contribution in [-0.4, -0.2) is 28.5 Å². The summed E-state index contributed by atoms with van der Waals surface area (Å²) in [7, 11) is 0. The number of aliphatic imine (C=N–C) groups is 1. The number of hydrogen-bond donors (Lipinski definition) is 1. The molecule has 3 heterocycles. The molecular formula is C27H28ClF2N4O2U-. The van der Waals surface area contributed by atoms with Gasteiger partial charge in [-0.05, 0) is 44.6 Å². The van der Waals surface area contributed by atoms with Crippen molar-refractivity contribution >= 4 is 23.5 Å². The van der Waals surface area contributed by atoms with Crippen molar-refractivity contribution in [3.63, 3.8) is 0 Å². The van der Waals surface area contributed by atoms with Crippen LogP contribution in [0.4, 0.5) is 8.78 Å². The van der Waals surface area contributed by atoms with E-state index in [1.54, 1.807) is 31.5 Å². The van der Waals surface area contributed by atoms with Gasteiger partial charge in [0.05, 0.1) is 17.1 Å². The molecule has 1 N–H and O–H groups in total. The maximum Gasteiger partial charge on any atom is 0.277 e. The van der Waals surface area contributed by atoms with Gasteiger partial charge in [0.2, 0.25) is 0 Å². The Morgan fingerprint density at radius 2 is 2.03 bits per heavy atom. The first kappa shape index (κ1) is 30.8. The summed E-state index contributed by atoms with van der Waals surface area (Å²) < 4.78 is 34.4. The molecule has 0 saturated heterocycles. The number of allylic oxidation sites excluding steroid dienone is 4. The molecule has 0 bridgehead atoms. The minimum Gasteiger partial charge on any atom is -0.487 e. The average Bonchev–Trinajstić information content (AvgIpc) is 2.86. The molecule has 1 atom stereocenters. The Morgan fingerprint density at radius 1 is 1.32 bits per heavy atom. The number of pyridine rings is 2. The first-order chi connectivity index (χ1) is 17.0. The molecule has 3 rings (SSSR count). The molecule has 0 radical (unpaired) electrons. The molecule has 0 spiro atoms. The van der Waals surface area contributed by atoms with Crippen molar-refractivity contribution in [3.05, 3.63) is 98.6 Å². The monoisotopic (exact) mass is 751 g/mol. The van der Waals surface area contributed by atoms with Gasteiger partial charge in [-0.25, -0.2) is 8.78 Å². The second-order valence-electron chi connectivity index (χ2n) is 8.52. The molecule has 1 unspecified atom stereocenters. The molecule has 1 aliphatic rings. The minimum atomic E-state index is -0.861. The second-order valence-corrected chi connectivity index (χ2v) is 8.90. The van der Waals surface area contributed by atoms with Gasteiger partial charge in [0.1, 0.15) is 29.0 Å². The Balaban J connectivity index is 0.00000481. The van der Waals surface area contributed by atoms with E-state index in [9.17, 15) is 13.6 Å². The van der Waals surface area contributed by atoms with Crippen LogP contribution in [0.15, 0.2) is 70.2 Å². The van der Waals surface area contributed by atoms with E-state index in [4.69, 9.17) is 16.3 Å². The predicted octanol–water partition coefficient (Wildman–Crippen LogP) is 6.12. The van der Waals surface area contributed by atoms with E-state index < -0.39 is 17.2 Å². The van der Waals surface area contributed by atoms with Crippen LogP contribution in [-0.2, 0) is 0 Å². The molecule has 0 aliphatic carbocycles. The normalized spacial score (nSPS) is 15.7. The van der Waals surface area contributed by atoms with E-state index in [1.807, 2.05) is 26.8 Å². The number of nitrogens with one attached hydrogen (secondary N) is 1. The molecule has 2 aromatic heterocycles. The van der Waals surface area contributed by atoms with Gasteiger partial charge < -0.3 is 15.0 Å². The topological polar surface area (TPSA) is 68.5 Å². The fraction of sp³-hybridized carbons (Fsp3) is 0.259. The van der Waals surface area contributed by atoms with Crippen molar-refractivity contribution in [2.24, 2.45) is 4.99 Å². The van der Waals surface area contributed by atoms with Gasteiger partial charge in [-0.15, -0.1) is 0 Å². The summed E-state index contributed by atoms with van der Waals surface area (Å²) in [5.41, 5.74) is 2.74. The van der Waals surface area contributed by atoms with Crippen LogP contribution in [0.25, 0.3) is 11.4 Å². The van der Waals surface area contributed by atoms with Crippen molar-refractivity contribution in [3.8, 4) is 11.4 Å². The van der Waals surface area contributed by atoms with Crippen LogP contribution in [0.5, 0.6) is 5.75 Å². The molecule has 10 heteroatoms. The van der Waals surface area contributed by atoms with E-state index in [-0.39, 0.29) is 60.2 Å². The van der Waals surface area contributed by atoms with Crippen LogP contribution in [0.2, 0.25) is 5.02 Å². The second kappa shape index (κ2) is 13.4. The van der Waals surface area contributed by atoms with Crippen LogP contribution in [0.1, 0.15) is 37.7 Å². The first-order valence-corrected chi connectivity index (χ1v) is 11.6. The molecule has 0 aromatic carbocycles. The quantitative estimate of drug-likeness (QED) is 0.261. The largest absolute Gasteiger partial charge is 0.487 e. The Hall–Kier alpha value is -2.47. The summed E-state index contributed by atoms with van der Waals surface area (Å²) >= 11 is 6.36. The summed E-state index contributed by atoms with van der Waals surface area (Å²) in [5.74, 6) is -0.418. The third kappa shape index (κ3) is 7.31. The molecule has 0 fully saturated rings. The molecule has 2 aromatic rings. The summed E-state index contributed by atoms with van der Waals surface area (Å²) in [4.78, 5) is 22.2. The number of rotatable bonds is 8. The van der Waals surface area contributed by atoms with E-state index in [0.717, 1.165) is 23.3 Å². The standard InChI is InChI=1S/C27H28ClF2N4O2.U/c1-7-19(29)11-20(30)17(5)14-36-24-10-18(6)34(27(35)25(24)28)23-12-22(32-13-16(23)4)21-8-9-31-26(33-21)15(2)3;/h7-13,26,33H,5,14H2,1-4,6H3;/q-1;/b19-7+,20-11+;. The van der Waals surface area contributed by atoms with Gasteiger partial charge in [-0.3, -0.25) is 20.3 Å². The average molecular weight is 752 g/mol. The van der Waals surface area contributed by atoms with Crippen LogP contribution in [0.3, 0.4) is 0 Å². The van der Waals surface area contributed by atoms with E-state index in [1.165, 1.54) is 11.5 Å². The Bertz CT molecular complexity index is 1360. The molecule has 1 aliphatic heterocycles. The predicted molar refractivity (Wildman–Crippen MR) is 141 cm³/mol. The van der Waals surface area contributed by atoms with Gasteiger partial charge in [-0.2, -0.15) is 13.8 Å². The molecular weight excluding hydrogens is 724 g/mol. The third-order valence-corrected chi connectivity index (χ3v) is 5.83. The van der Waals surface area contributed by atoms with E-state index in [0.29, 0.717) is 23.2 Å². The molecule has 37 heavy (non-hydrogen) atoms. The fourth-order valence-corrected chi connectivity index (χ4v) is 3.61. The zero-order valence-corrected chi connectivity index (χ0v) is 26.2. The number of ether oxygens (including phenoxy) is 1. The molecule has 0 saturated carbocycles. The van der Waals surface area contributed by atoms with E-state index in [2.05, 4.69) is 21.9 Å². The van der Waals surface area contributed by atoms with E-state index >= 15 is 0 Å². The van der Waals surface area contributed by atoms with Crippen molar-refractivity contribution in [2.45, 2.75) is 40.8 Å². The number of aromatic nitrogens is 2. The molecule has 194 valence electrons. The zero-order chi connectivity index (χ0) is 26.6. The Labute approximate surface area is 244 Å². The Kier molecular flexibility index (Phi) is 11.1. The van der Waals surface area contributed by atoms with Gasteiger partial charge in [0.25, 0.3) is 5.56 Å². The number of aryl methyl sites for hydroxylation is 2. The van der Waals surface area contributed by atoms with Crippen LogP contribution >= 0.6 is 11.6 Å². The summed E-state index contributed by atoms with van der Waals surface area (Å²) in [5, 5.41) is 3.16. The van der Waals surface area contributed by atoms with Crippen molar-refractivity contribution in [1.29, 1.82) is 0 Å². The van der Waals surface area contributed by atoms with Crippen molar-refractivity contribution in [1.82, 2.24) is 14.9 Å². The first-order valence-electron chi connectivity index (χ1n) is 11.2. The summed E-state index contributed by atoms with van der Waals surface area (Å²) in [6.07, 6.45) is 6.91. The molecule has 6 nitrogen and oxygen atoms in total. The van der Waals surface area contributed by atoms with Crippen LogP contribution in [0, 0.1) is 50.9 Å². The van der Waals surface area contributed by atoms with Crippen molar-refractivity contribution < 1.29 is 44.6 Å². The zero-order valence-electron chi connectivity index (χ0n) is 21.3. The third-order valence-electron chi connectivity index (χ3n) is 5.49. The maximum atomic E-state index is 14.1. The van der Waals surface area contributed by atoms with Gasteiger partial charge in [0.15, 0.2) is 0 Å². The van der Waals surface area contributed by atoms with Crippen LogP contribution < -0.4 is 15.6 Å². The summed E-state index contributed by atoms with van der Waals surface area (Å²) in [6, 6.07) is 3.39. The number of nitrogens with zero attached hydrogens (tertiary/aromatic N) is 3. The number of hydrogen-bond acceptors (Lipinski definition) is 5. The maximum absolute atomic E-state index is 14.1. The smallest absolute Gasteiger partial charge is 0.277 e. The Morgan fingerprint density at radius 3 is 2.68 bits per heavy atom. The van der Waals surface area contributed by atoms with Gasteiger partial charge >= 0.3 is 0 Å². The molecule has 0 amide bonds. The number of halogens is 3. The van der Waals surface area contributed by atoms with Crippen molar-refractivity contribution in [2.75, 3.05) is 6.61 Å². The van der Waals surface area contributed by atoms with Gasteiger partial charge in [0, 0.05) is 66.9 Å². The van der Waals surface area contributed by atoms with Gasteiger partial charge in [-0.1, -0.05) is 24.3 Å². The summed E-state index contributed by atoms with van der Waals surface area (Å²) in [6.45, 7) is 12.2.